The van der Waals surface area contributed by atoms with Crippen LogP contribution in [0, 0.1) is 11.8 Å². The molecule has 0 spiro atoms. The minimum absolute atomic E-state index is 0. The summed E-state index contributed by atoms with van der Waals surface area (Å²) in [5.41, 5.74) is 1.23. The van der Waals surface area contributed by atoms with Gasteiger partial charge in [-0.25, -0.2) is 0 Å². The number of hydrogen-bond donors (Lipinski definition) is 4. The zero-order valence-corrected chi connectivity index (χ0v) is 20.5. The van der Waals surface area contributed by atoms with Crippen LogP contribution >= 0.6 is 12.4 Å². The summed E-state index contributed by atoms with van der Waals surface area (Å²) in [5, 5.41) is 11.7. The van der Waals surface area contributed by atoms with Gasteiger partial charge in [-0.3, -0.25) is 29.8 Å². The highest BCUT2D eigenvalue weighted by molar-refractivity contribution is 6.23. The van der Waals surface area contributed by atoms with Gasteiger partial charge in [0, 0.05) is 18.2 Å². The molecule has 3 heterocycles. The molecule has 0 unspecified atom stereocenters. The van der Waals surface area contributed by atoms with E-state index in [1.807, 2.05) is 0 Å². The SMILES string of the molecule is Cl.O=C1CC[C@H]([C@H](Nc2cccc3c2C(=O)NC3=O)C2CCC(OC3CCNCC3)CC2)C(=O)N1. The Morgan fingerprint density at radius 3 is 2.29 bits per heavy atom. The van der Waals surface area contributed by atoms with Crippen molar-refractivity contribution in [3.8, 4) is 0 Å². The molecule has 0 radical (unpaired) electrons. The van der Waals surface area contributed by atoms with Gasteiger partial charge in [0.1, 0.15) is 0 Å². The van der Waals surface area contributed by atoms with E-state index < -0.39 is 11.8 Å². The average Bonchev–Trinajstić information content (AvgIpc) is 3.13. The summed E-state index contributed by atoms with van der Waals surface area (Å²) >= 11 is 0. The fraction of sp³-hybridized carbons (Fsp3) is 0.600. The third kappa shape index (κ3) is 5.52. The lowest BCUT2D eigenvalue weighted by Crippen LogP contribution is -2.51. The smallest absolute Gasteiger partial charge is 0.261 e. The van der Waals surface area contributed by atoms with Crippen LogP contribution in [0.5, 0.6) is 0 Å². The molecule has 3 aliphatic heterocycles. The molecule has 0 bridgehead atoms. The van der Waals surface area contributed by atoms with Crippen molar-refractivity contribution in [2.75, 3.05) is 18.4 Å². The number of anilines is 1. The van der Waals surface area contributed by atoms with Crippen molar-refractivity contribution in [1.82, 2.24) is 16.0 Å². The van der Waals surface area contributed by atoms with Crippen molar-refractivity contribution >= 4 is 41.7 Å². The van der Waals surface area contributed by atoms with E-state index in [1.54, 1.807) is 18.2 Å². The first-order valence-electron chi connectivity index (χ1n) is 12.4. The second-order valence-electron chi connectivity index (χ2n) is 9.86. The Morgan fingerprint density at radius 2 is 1.57 bits per heavy atom. The summed E-state index contributed by atoms with van der Waals surface area (Å²) in [5.74, 6) is -1.55. The number of nitrogens with one attached hydrogen (secondary N) is 4. The molecule has 3 fully saturated rings. The molecule has 1 aromatic rings. The van der Waals surface area contributed by atoms with Crippen LogP contribution in [0.1, 0.15) is 72.1 Å². The fourth-order valence-corrected chi connectivity index (χ4v) is 5.91. The van der Waals surface area contributed by atoms with Crippen LogP contribution in [0.3, 0.4) is 0 Å². The monoisotopic (exact) mass is 504 g/mol. The lowest BCUT2D eigenvalue weighted by Gasteiger charge is -2.40. The molecule has 4 amide bonds. The van der Waals surface area contributed by atoms with Crippen molar-refractivity contribution in [2.45, 2.75) is 69.6 Å². The third-order valence-electron chi connectivity index (χ3n) is 7.70. The number of fused-ring (bicyclic) bond motifs is 1. The molecule has 190 valence electrons. The molecule has 1 aromatic carbocycles. The van der Waals surface area contributed by atoms with Crippen LogP contribution in [0.15, 0.2) is 18.2 Å². The Labute approximate surface area is 210 Å². The lowest BCUT2D eigenvalue weighted by molar-refractivity contribution is -0.137. The van der Waals surface area contributed by atoms with Gasteiger partial charge in [-0.05, 0) is 76.1 Å². The minimum Gasteiger partial charge on any atom is -0.381 e. The summed E-state index contributed by atoms with van der Waals surface area (Å²) in [6.45, 7) is 2.00. The number of halogens is 1. The maximum atomic E-state index is 12.8. The van der Waals surface area contributed by atoms with Gasteiger partial charge in [-0.2, -0.15) is 0 Å². The Balaban J connectivity index is 0.00000289. The highest BCUT2D eigenvalue weighted by atomic mass is 35.5. The standard InChI is InChI=1S/C25H32N4O5.ClH/c30-20-9-8-18(24(32)28-20)22(27-19-3-1-2-17-21(19)25(33)29-23(17)31)14-4-6-15(7-5-14)34-16-10-12-26-13-11-16;/h1-3,14-16,18,22,26-27H,4-13H2,(H,28,30,32)(H,29,31,33);1H/t14?,15?,18-,22-;/m1./s1. The van der Waals surface area contributed by atoms with Gasteiger partial charge in [0.15, 0.2) is 0 Å². The predicted molar refractivity (Wildman–Crippen MR) is 131 cm³/mol. The zero-order chi connectivity index (χ0) is 23.7. The Morgan fingerprint density at radius 1 is 0.857 bits per heavy atom. The van der Waals surface area contributed by atoms with E-state index in [0.29, 0.717) is 35.8 Å². The summed E-state index contributed by atoms with van der Waals surface area (Å²) in [7, 11) is 0. The molecule has 1 saturated carbocycles. The van der Waals surface area contributed by atoms with Crippen LogP contribution in [0.2, 0.25) is 0 Å². The Bertz CT molecular complexity index is 988. The molecular formula is C25H33ClN4O5. The molecule has 0 aromatic heterocycles. The molecule has 9 nitrogen and oxygen atoms in total. The van der Waals surface area contributed by atoms with Crippen LogP contribution in [-0.2, 0) is 14.3 Å². The quantitative estimate of drug-likeness (QED) is 0.437. The van der Waals surface area contributed by atoms with E-state index in [4.69, 9.17) is 4.74 Å². The maximum absolute atomic E-state index is 12.8. The van der Waals surface area contributed by atoms with Crippen molar-refractivity contribution in [3.05, 3.63) is 29.3 Å². The summed E-state index contributed by atoms with van der Waals surface area (Å²) in [6.07, 6.45) is 7.03. The second-order valence-corrected chi connectivity index (χ2v) is 9.86. The van der Waals surface area contributed by atoms with Crippen LogP contribution in [0.4, 0.5) is 5.69 Å². The van der Waals surface area contributed by atoms with Crippen molar-refractivity contribution in [2.24, 2.45) is 11.8 Å². The molecule has 4 aliphatic rings. The van der Waals surface area contributed by atoms with E-state index in [1.165, 1.54) is 0 Å². The number of rotatable bonds is 6. The largest absolute Gasteiger partial charge is 0.381 e. The van der Waals surface area contributed by atoms with Gasteiger partial charge in [0.05, 0.1) is 29.3 Å². The molecule has 35 heavy (non-hydrogen) atoms. The van der Waals surface area contributed by atoms with Gasteiger partial charge >= 0.3 is 0 Å². The first-order valence-corrected chi connectivity index (χ1v) is 12.4. The Hall–Kier alpha value is -2.49. The normalized spacial score (nSPS) is 27.9. The van der Waals surface area contributed by atoms with E-state index in [0.717, 1.165) is 51.6 Å². The van der Waals surface area contributed by atoms with E-state index in [-0.39, 0.29) is 48.2 Å². The summed E-state index contributed by atoms with van der Waals surface area (Å²) in [6, 6.07) is 4.90. The van der Waals surface area contributed by atoms with E-state index in [2.05, 4.69) is 21.3 Å². The number of benzene rings is 1. The van der Waals surface area contributed by atoms with Gasteiger partial charge in [0.2, 0.25) is 11.8 Å². The third-order valence-corrected chi connectivity index (χ3v) is 7.70. The number of imide groups is 2. The minimum atomic E-state index is -0.427. The lowest BCUT2D eigenvalue weighted by atomic mass is 9.75. The first-order chi connectivity index (χ1) is 16.5. The van der Waals surface area contributed by atoms with Gasteiger partial charge in [-0.1, -0.05) is 6.07 Å². The number of carbonyl (C=O) groups is 4. The van der Waals surface area contributed by atoms with Gasteiger partial charge in [0.25, 0.3) is 11.8 Å². The second kappa shape index (κ2) is 11.1. The zero-order valence-electron chi connectivity index (χ0n) is 19.6. The first kappa shape index (κ1) is 25.6. The van der Waals surface area contributed by atoms with Crippen LogP contribution in [-0.4, -0.2) is 55.0 Å². The van der Waals surface area contributed by atoms with Gasteiger partial charge in [-0.15, -0.1) is 12.4 Å². The number of ether oxygens (including phenoxy) is 1. The topological polar surface area (TPSA) is 126 Å². The van der Waals surface area contributed by atoms with Crippen molar-refractivity contribution in [1.29, 1.82) is 0 Å². The number of amides is 4. The average molecular weight is 505 g/mol. The number of piperidine rings is 2. The Kier molecular flexibility index (Phi) is 8.09. The van der Waals surface area contributed by atoms with Crippen molar-refractivity contribution < 1.29 is 23.9 Å². The van der Waals surface area contributed by atoms with Crippen molar-refractivity contribution in [3.63, 3.8) is 0 Å². The fourth-order valence-electron chi connectivity index (χ4n) is 5.91. The molecule has 5 rings (SSSR count). The molecule has 4 N–H and O–H groups in total. The molecule has 2 saturated heterocycles. The molecular weight excluding hydrogens is 472 g/mol. The summed E-state index contributed by atoms with van der Waals surface area (Å²) < 4.78 is 6.37. The molecule has 2 atom stereocenters. The van der Waals surface area contributed by atoms with Crippen LogP contribution < -0.4 is 21.3 Å². The molecule has 10 heteroatoms. The van der Waals surface area contributed by atoms with Gasteiger partial charge < -0.3 is 15.4 Å². The summed E-state index contributed by atoms with van der Waals surface area (Å²) in [4.78, 5) is 49.2. The number of hydrogen-bond acceptors (Lipinski definition) is 7. The van der Waals surface area contributed by atoms with E-state index >= 15 is 0 Å². The predicted octanol–water partition coefficient (Wildman–Crippen LogP) is 2.15. The van der Waals surface area contributed by atoms with E-state index in [9.17, 15) is 19.2 Å². The molecule has 1 aliphatic carbocycles. The van der Waals surface area contributed by atoms with Crippen LogP contribution in [0.25, 0.3) is 0 Å². The highest BCUT2D eigenvalue weighted by Gasteiger charge is 2.40. The maximum Gasteiger partial charge on any atom is 0.261 e. The number of carbonyl (C=O) groups excluding carboxylic acids is 4. The highest BCUT2D eigenvalue weighted by Crippen LogP contribution is 2.37.